The van der Waals surface area contributed by atoms with Crippen LogP contribution in [-0.4, -0.2) is 40.0 Å². The molecule has 1 fully saturated rings. The number of cyclic esters (lactones) is 2. The summed E-state index contributed by atoms with van der Waals surface area (Å²) in [5.74, 6) is -3.34. The number of carbonyl (C=O) groups excluding carboxylic acids is 2. The SMILES string of the molecule is CCN(CC)c1ccc(C2(C)OC(=O)C(=Cc3cc(C)cc(-n4nc5ccccc5n4)c3N=O)C(=O)O2)cc1. The topological polar surface area (TPSA) is 116 Å². The van der Waals surface area contributed by atoms with Crippen molar-refractivity contribution in [3.63, 3.8) is 0 Å². The van der Waals surface area contributed by atoms with E-state index in [4.69, 9.17) is 9.47 Å². The van der Waals surface area contributed by atoms with Gasteiger partial charge in [-0.15, -0.1) is 19.9 Å². The summed E-state index contributed by atoms with van der Waals surface area (Å²) < 4.78 is 11.2. The van der Waals surface area contributed by atoms with Crippen LogP contribution >= 0.6 is 0 Å². The quantitative estimate of drug-likeness (QED) is 0.138. The molecular weight excluding hydrogens is 498 g/mol. The minimum Gasteiger partial charge on any atom is -0.414 e. The number of hydrogen-bond donors (Lipinski definition) is 0. The third-order valence-corrected chi connectivity index (χ3v) is 6.69. The Labute approximate surface area is 224 Å². The molecule has 2 heterocycles. The molecule has 0 bridgehead atoms. The van der Waals surface area contributed by atoms with Gasteiger partial charge in [0.1, 0.15) is 28.0 Å². The largest absolute Gasteiger partial charge is 0.414 e. The number of rotatable bonds is 7. The molecule has 1 aliphatic heterocycles. The Morgan fingerprint density at radius 2 is 1.54 bits per heavy atom. The lowest BCUT2D eigenvalue weighted by Crippen LogP contribution is -2.42. The molecule has 0 spiro atoms. The highest BCUT2D eigenvalue weighted by atomic mass is 16.7. The van der Waals surface area contributed by atoms with E-state index in [1.165, 1.54) is 17.8 Å². The number of benzene rings is 3. The van der Waals surface area contributed by atoms with E-state index in [-0.39, 0.29) is 16.8 Å². The van der Waals surface area contributed by atoms with Crippen molar-refractivity contribution in [2.24, 2.45) is 5.18 Å². The molecule has 0 unspecified atom stereocenters. The number of anilines is 1. The molecule has 0 N–H and O–H groups in total. The van der Waals surface area contributed by atoms with Crippen molar-refractivity contribution in [1.82, 2.24) is 15.0 Å². The van der Waals surface area contributed by atoms with Crippen molar-refractivity contribution in [3.05, 3.63) is 87.8 Å². The maximum absolute atomic E-state index is 13.1. The van der Waals surface area contributed by atoms with Gasteiger partial charge in [-0.1, -0.05) is 12.1 Å². The van der Waals surface area contributed by atoms with Crippen LogP contribution < -0.4 is 4.90 Å². The highest BCUT2D eigenvalue weighted by Crippen LogP contribution is 2.36. The molecule has 1 saturated heterocycles. The molecule has 0 saturated carbocycles. The first kappa shape index (κ1) is 25.8. The van der Waals surface area contributed by atoms with Gasteiger partial charge in [0.2, 0.25) is 0 Å². The van der Waals surface area contributed by atoms with Crippen molar-refractivity contribution in [1.29, 1.82) is 0 Å². The Balaban J connectivity index is 1.48. The summed E-state index contributed by atoms with van der Waals surface area (Å²) in [5.41, 5.74) is 3.69. The zero-order chi connectivity index (χ0) is 27.7. The summed E-state index contributed by atoms with van der Waals surface area (Å²) >= 11 is 0. The van der Waals surface area contributed by atoms with Gasteiger partial charge in [-0.2, -0.15) is 0 Å². The summed E-state index contributed by atoms with van der Waals surface area (Å²) in [4.78, 5) is 41.6. The van der Waals surface area contributed by atoms with Gasteiger partial charge < -0.3 is 14.4 Å². The smallest absolute Gasteiger partial charge is 0.349 e. The summed E-state index contributed by atoms with van der Waals surface area (Å²) in [6.45, 7) is 9.14. The summed E-state index contributed by atoms with van der Waals surface area (Å²) in [5, 5.41) is 12.0. The Kier molecular flexibility index (Phi) is 6.69. The normalized spacial score (nSPS) is 17.1. The fourth-order valence-corrected chi connectivity index (χ4v) is 4.64. The molecule has 1 aromatic heterocycles. The number of fused-ring (bicyclic) bond motifs is 1. The first-order valence-electron chi connectivity index (χ1n) is 12.6. The van der Waals surface area contributed by atoms with Crippen LogP contribution in [-0.2, 0) is 24.8 Å². The van der Waals surface area contributed by atoms with Gasteiger partial charge in [-0.25, -0.2) is 9.59 Å². The third kappa shape index (κ3) is 4.76. The fourth-order valence-electron chi connectivity index (χ4n) is 4.64. The van der Waals surface area contributed by atoms with Gasteiger partial charge >= 0.3 is 11.9 Å². The number of carbonyl (C=O) groups is 2. The van der Waals surface area contributed by atoms with E-state index in [1.807, 2.05) is 24.3 Å². The van der Waals surface area contributed by atoms with Crippen LogP contribution in [0.25, 0.3) is 22.8 Å². The standard InChI is InChI=1S/C29H27N5O5/c1-5-33(6-2)21-13-11-20(12-14-21)29(4)38-27(35)22(28(36)39-29)17-19-15-18(3)16-25(26(19)32-37)34-30-23-9-7-8-10-24(23)31-34/h7-17H,5-6H2,1-4H3. The van der Waals surface area contributed by atoms with E-state index in [9.17, 15) is 14.5 Å². The molecule has 4 aromatic rings. The third-order valence-electron chi connectivity index (χ3n) is 6.69. The predicted molar refractivity (Wildman–Crippen MR) is 147 cm³/mol. The number of aryl methyl sites for hydroxylation is 1. The van der Waals surface area contributed by atoms with E-state index < -0.39 is 17.7 Å². The summed E-state index contributed by atoms with van der Waals surface area (Å²) in [7, 11) is 0. The van der Waals surface area contributed by atoms with Crippen LogP contribution in [0.3, 0.4) is 0 Å². The fraction of sp³-hybridized carbons (Fsp3) is 0.241. The minimum atomic E-state index is -1.60. The lowest BCUT2D eigenvalue weighted by atomic mass is 10.0. The van der Waals surface area contributed by atoms with E-state index in [1.54, 1.807) is 43.3 Å². The Hall–Kier alpha value is -4.86. The molecule has 198 valence electrons. The lowest BCUT2D eigenvalue weighted by molar-refractivity contribution is -0.233. The average molecular weight is 526 g/mol. The van der Waals surface area contributed by atoms with Gasteiger partial charge in [-0.05, 0) is 86.1 Å². The maximum Gasteiger partial charge on any atom is 0.349 e. The van der Waals surface area contributed by atoms with Crippen molar-refractivity contribution >= 4 is 40.4 Å². The van der Waals surface area contributed by atoms with Gasteiger partial charge in [0.25, 0.3) is 5.79 Å². The van der Waals surface area contributed by atoms with Crippen LogP contribution in [0.5, 0.6) is 0 Å². The predicted octanol–water partition coefficient (Wildman–Crippen LogP) is 5.33. The second kappa shape index (κ2) is 10.1. The molecular formula is C29H27N5O5. The second-order valence-corrected chi connectivity index (χ2v) is 9.29. The summed E-state index contributed by atoms with van der Waals surface area (Å²) in [6.07, 6.45) is 1.25. The number of nitrogens with zero attached hydrogens (tertiary/aromatic N) is 5. The number of ether oxygens (including phenoxy) is 2. The van der Waals surface area contributed by atoms with Crippen LogP contribution in [0, 0.1) is 11.8 Å². The molecule has 0 radical (unpaired) electrons. The first-order chi connectivity index (χ1) is 18.8. The molecule has 0 aliphatic carbocycles. The van der Waals surface area contributed by atoms with Crippen molar-refractivity contribution in [3.8, 4) is 5.69 Å². The van der Waals surface area contributed by atoms with Crippen LogP contribution in [0.15, 0.2) is 71.4 Å². The highest BCUT2D eigenvalue weighted by Gasteiger charge is 2.44. The number of hydrogen-bond acceptors (Lipinski definition) is 9. The van der Waals surface area contributed by atoms with Crippen LogP contribution in [0.1, 0.15) is 37.5 Å². The van der Waals surface area contributed by atoms with Crippen molar-refractivity contribution in [2.75, 3.05) is 18.0 Å². The molecule has 10 nitrogen and oxygen atoms in total. The van der Waals surface area contributed by atoms with E-state index in [0.717, 1.165) is 24.3 Å². The molecule has 3 aromatic carbocycles. The van der Waals surface area contributed by atoms with E-state index in [0.29, 0.717) is 22.3 Å². The lowest BCUT2D eigenvalue weighted by Gasteiger charge is -2.34. The van der Waals surface area contributed by atoms with Crippen LogP contribution in [0.4, 0.5) is 11.4 Å². The van der Waals surface area contributed by atoms with Gasteiger partial charge in [0, 0.05) is 36.8 Å². The first-order valence-corrected chi connectivity index (χ1v) is 12.6. The van der Waals surface area contributed by atoms with E-state index in [2.05, 4.69) is 34.1 Å². The van der Waals surface area contributed by atoms with Crippen molar-refractivity contribution < 1.29 is 19.1 Å². The van der Waals surface area contributed by atoms with Gasteiger partial charge in [0.15, 0.2) is 0 Å². The summed E-state index contributed by atoms with van der Waals surface area (Å²) in [6, 6.07) is 17.9. The zero-order valence-corrected chi connectivity index (χ0v) is 22.0. The maximum atomic E-state index is 13.1. The zero-order valence-electron chi connectivity index (χ0n) is 22.0. The van der Waals surface area contributed by atoms with E-state index >= 15 is 0 Å². The Morgan fingerprint density at radius 1 is 0.949 bits per heavy atom. The molecule has 39 heavy (non-hydrogen) atoms. The Morgan fingerprint density at radius 3 is 2.08 bits per heavy atom. The molecule has 1 aliphatic rings. The van der Waals surface area contributed by atoms with Crippen molar-refractivity contribution in [2.45, 2.75) is 33.5 Å². The highest BCUT2D eigenvalue weighted by molar-refractivity contribution is 6.19. The number of aromatic nitrogens is 3. The van der Waals surface area contributed by atoms with Crippen LogP contribution in [0.2, 0.25) is 0 Å². The Bertz CT molecular complexity index is 1570. The molecule has 0 amide bonds. The minimum absolute atomic E-state index is 0.0330. The number of esters is 2. The molecule has 5 rings (SSSR count). The van der Waals surface area contributed by atoms with Gasteiger partial charge in [0.05, 0.1) is 0 Å². The average Bonchev–Trinajstić information content (AvgIpc) is 3.36. The molecule has 0 atom stereocenters. The number of nitroso groups, excluding NO2 is 1. The molecule has 10 heteroatoms. The van der Waals surface area contributed by atoms with Gasteiger partial charge in [-0.3, -0.25) is 0 Å². The second-order valence-electron chi connectivity index (χ2n) is 9.29. The monoisotopic (exact) mass is 525 g/mol.